The molecule has 1 aliphatic rings. The molecule has 1 atom stereocenters. The van der Waals surface area contributed by atoms with E-state index in [4.69, 9.17) is 4.74 Å². The molecule has 2 aromatic heterocycles. The van der Waals surface area contributed by atoms with Crippen LogP contribution < -0.4 is 15.4 Å². The summed E-state index contributed by atoms with van der Waals surface area (Å²) >= 11 is 1.28. The van der Waals surface area contributed by atoms with Gasteiger partial charge in [-0.1, -0.05) is 23.5 Å². The minimum Gasteiger partial charge on any atom is -0.437 e. The van der Waals surface area contributed by atoms with Crippen LogP contribution in [0.2, 0.25) is 0 Å². The van der Waals surface area contributed by atoms with Crippen molar-refractivity contribution in [2.75, 3.05) is 17.2 Å². The molecule has 2 N–H and O–H groups in total. The lowest BCUT2D eigenvalue weighted by Crippen LogP contribution is -2.53. The first-order valence-electron chi connectivity index (χ1n) is 13.3. The van der Waals surface area contributed by atoms with E-state index in [9.17, 15) is 22.8 Å². The maximum atomic E-state index is 13.7. The first kappa shape index (κ1) is 29.4. The van der Waals surface area contributed by atoms with E-state index < -0.39 is 17.3 Å². The van der Waals surface area contributed by atoms with Crippen molar-refractivity contribution in [1.29, 1.82) is 0 Å². The van der Waals surface area contributed by atoms with Gasteiger partial charge in [-0.3, -0.25) is 14.5 Å². The van der Waals surface area contributed by atoms with Crippen molar-refractivity contribution in [3.8, 4) is 22.9 Å². The number of hydrogen-bond acceptors (Lipinski definition) is 8. The van der Waals surface area contributed by atoms with Gasteiger partial charge < -0.3 is 15.4 Å². The monoisotopic (exact) mass is 598 g/mol. The summed E-state index contributed by atoms with van der Waals surface area (Å²) in [6.07, 6.45) is -1.98. The standard InChI is InChI=1S/C29H29F3N6O3S/c1-16(2)38-12-6-11-28(38,4)26(40)36-21-13-18(29(30,31)32)9-10-19(21)20-14-24(34-15-33-20)41-22-7-5-8-23-25(22)37-27(42-23)35-17(3)39/h5,7-10,13-16H,6,11-12H2,1-4H3,(H,36,40)(H,35,37,39). The summed E-state index contributed by atoms with van der Waals surface area (Å²) in [5.41, 5.74) is -0.741. The molecule has 2 aromatic carbocycles. The molecule has 220 valence electrons. The van der Waals surface area contributed by atoms with Crippen LogP contribution in [0, 0.1) is 0 Å². The van der Waals surface area contributed by atoms with Crippen molar-refractivity contribution >= 4 is 44.2 Å². The zero-order valence-corrected chi connectivity index (χ0v) is 24.2. The fourth-order valence-electron chi connectivity index (χ4n) is 5.23. The number of carbonyl (C=O) groups is 2. The van der Waals surface area contributed by atoms with Gasteiger partial charge in [-0.15, -0.1) is 0 Å². The SMILES string of the molecule is CC(=O)Nc1nc2c(Oc3cc(-c4ccc(C(F)(F)F)cc4NC(=O)C4(C)CCCN4C(C)C)ncn3)cccc2s1. The van der Waals surface area contributed by atoms with E-state index in [1.54, 1.807) is 12.1 Å². The molecular formula is C29H29F3N6O3S. The topological polar surface area (TPSA) is 109 Å². The molecule has 1 unspecified atom stereocenters. The number of rotatable bonds is 7. The molecule has 42 heavy (non-hydrogen) atoms. The average Bonchev–Trinajstić information content (AvgIpc) is 3.52. The van der Waals surface area contributed by atoms with E-state index >= 15 is 0 Å². The number of hydrogen-bond donors (Lipinski definition) is 2. The van der Waals surface area contributed by atoms with E-state index in [0.29, 0.717) is 22.8 Å². The third-order valence-corrected chi connectivity index (χ3v) is 8.14. The van der Waals surface area contributed by atoms with Gasteiger partial charge in [0.25, 0.3) is 0 Å². The highest BCUT2D eigenvalue weighted by Gasteiger charge is 2.44. The van der Waals surface area contributed by atoms with Crippen molar-refractivity contribution in [3.63, 3.8) is 0 Å². The van der Waals surface area contributed by atoms with Crippen LogP contribution in [0.5, 0.6) is 11.6 Å². The lowest BCUT2D eigenvalue weighted by atomic mass is 9.95. The second-order valence-electron chi connectivity index (χ2n) is 10.5. The van der Waals surface area contributed by atoms with Gasteiger partial charge in [0.05, 0.1) is 27.2 Å². The van der Waals surface area contributed by atoms with Crippen LogP contribution in [0.3, 0.4) is 0 Å². The predicted octanol–water partition coefficient (Wildman–Crippen LogP) is 6.72. The number of halogens is 3. The summed E-state index contributed by atoms with van der Waals surface area (Å²) in [5.74, 6) is -0.151. The number of likely N-dealkylation sites (tertiary alicyclic amines) is 1. The molecule has 1 fully saturated rings. The summed E-state index contributed by atoms with van der Waals surface area (Å²) in [4.78, 5) is 40.0. The van der Waals surface area contributed by atoms with Gasteiger partial charge in [-0.05, 0) is 64.4 Å². The van der Waals surface area contributed by atoms with Gasteiger partial charge in [0.15, 0.2) is 10.9 Å². The highest BCUT2D eigenvalue weighted by atomic mass is 32.1. The van der Waals surface area contributed by atoms with Crippen LogP contribution in [0.15, 0.2) is 48.8 Å². The highest BCUT2D eigenvalue weighted by molar-refractivity contribution is 7.22. The Labute approximate surface area is 244 Å². The lowest BCUT2D eigenvalue weighted by molar-refractivity contribution is -0.137. The molecule has 13 heteroatoms. The number of alkyl halides is 3. The minimum absolute atomic E-state index is 0.0159. The maximum absolute atomic E-state index is 13.7. The lowest BCUT2D eigenvalue weighted by Gasteiger charge is -2.37. The number of ether oxygens (including phenoxy) is 1. The van der Waals surface area contributed by atoms with E-state index in [0.717, 1.165) is 29.8 Å². The second-order valence-corrected chi connectivity index (χ2v) is 11.6. The van der Waals surface area contributed by atoms with E-state index in [2.05, 4.69) is 30.5 Å². The number of benzene rings is 2. The third-order valence-electron chi connectivity index (χ3n) is 7.20. The number of para-hydroxylation sites is 1. The molecule has 0 saturated carbocycles. The van der Waals surface area contributed by atoms with Crippen LogP contribution in [-0.2, 0) is 15.8 Å². The number of fused-ring (bicyclic) bond motifs is 1. The average molecular weight is 599 g/mol. The summed E-state index contributed by atoms with van der Waals surface area (Å²) in [6.45, 7) is 7.90. The van der Waals surface area contributed by atoms with E-state index in [1.807, 2.05) is 26.8 Å². The van der Waals surface area contributed by atoms with Gasteiger partial charge in [0.1, 0.15) is 11.8 Å². The third kappa shape index (κ3) is 5.93. The fourth-order valence-corrected chi connectivity index (χ4v) is 6.15. The number of anilines is 2. The summed E-state index contributed by atoms with van der Waals surface area (Å²) in [7, 11) is 0. The Kier molecular flexibility index (Phi) is 7.90. The molecular weight excluding hydrogens is 569 g/mol. The van der Waals surface area contributed by atoms with Gasteiger partial charge in [0.2, 0.25) is 17.7 Å². The van der Waals surface area contributed by atoms with Crippen molar-refractivity contribution in [1.82, 2.24) is 19.9 Å². The zero-order valence-electron chi connectivity index (χ0n) is 23.4. The first-order chi connectivity index (χ1) is 19.8. The number of thiazole rings is 1. The Bertz CT molecular complexity index is 1660. The van der Waals surface area contributed by atoms with Gasteiger partial charge >= 0.3 is 6.18 Å². The number of carbonyl (C=O) groups excluding carboxylic acids is 2. The molecule has 0 spiro atoms. The first-order valence-corrected chi connectivity index (χ1v) is 14.1. The summed E-state index contributed by atoms with van der Waals surface area (Å²) in [5, 5.41) is 5.84. The largest absolute Gasteiger partial charge is 0.437 e. The van der Waals surface area contributed by atoms with Crippen molar-refractivity contribution in [2.45, 2.75) is 58.3 Å². The molecule has 0 bridgehead atoms. The molecule has 5 rings (SSSR count). The van der Waals surface area contributed by atoms with E-state index in [-0.39, 0.29) is 40.7 Å². The summed E-state index contributed by atoms with van der Waals surface area (Å²) in [6, 6.07) is 10.0. The van der Waals surface area contributed by atoms with E-state index in [1.165, 1.54) is 36.7 Å². The smallest absolute Gasteiger partial charge is 0.416 e. The summed E-state index contributed by atoms with van der Waals surface area (Å²) < 4.78 is 47.9. The van der Waals surface area contributed by atoms with Crippen LogP contribution in [0.4, 0.5) is 24.0 Å². The number of amides is 2. The minimum atomic E-state index is -4.61. The van der Waals surface area contributed by atoms with Crippen molar-refractivity contribution in [2.24, 2.45) is 0 Å². The van der Waals surface area contributed by atoms with Crippen LogP contribution in [0.1, 0.15) is 46.1 Å². The van der Waals surface area contributed by atoms with Crippen molar-refractivity contribution < 1.29 is 27.5 Å². The predicted molar refractivity (Wildman–Crippen MR) is 155 cm³/mol. The number of nitrogens with one attached hydrogen (secondary N) is 2. The molecule has 2 amide bonds. The Morgan fingerprint density at radius 3 is 2.62 bits per heavy atom. The zero-order chi connectivity index (χ0) is 30.2. The second kappa shape index (κ2) is 11.3. The van der Waals surface area contributed by atoms with Gasteiger partial charge in [-0.25, -0.2) is 15.0 Å². The van der Waals surface area contributed by atoms with Crippen molar-refractivity contribution in [3.05, 3.63) is 54.4 Å². The highest BCUT2D eigenvalue weighted by Crippen LogP contribution is 2.39. The van der Waals surface area contributed by atoms with Crippen LogP contribution in [-0.4, -0.2) is 49.8 Å². The Balaban J connectivity index is 1.49. The molecule has 0 radical (unpaired) electrons. The number of aromatic nitrogens is 3. The number of nitrogens with zero attached hydrogens (tertiary/aromatic N) is 4. The Hall–Kier alpha value is -4.10. The molecule has 1 aliphatic heterocycles. The molecule has 4 aromatic rings. The van der Waals surface area contributed by atoms with Gasteiger partial charge in [0, 0.05) is 24.6 Å². The normalized spacial score (nSPS) is 17.5. The molecule has 9 nitrogen and oxygen atoms in total. The maximum Gasteiger partial charge on any atom is 0.416 e. The molecule has 0 aliphatic carbocycles. The van der Waals surface area contributed by atoms with Crippen LogP contribution in [0.25, 0.3) is 21.5 Å². The fraction of sp³-hybridized carbons (Fsp3) is 0.345. The quantitative estimate of drug-likeness (QED) is 0.243. The molecule has 3 heterocycles. The van der Waals surface area contributed by atoms with Crippen LogP contribution >= 0.6 is 11.3 Å². The Morgan fingerprint density at radius 2 is 1.90 bits per heavy atom. The Morgan fingerprint density at radius 1 is 1.12 bits per heavy atom. The van der Waals surface area contributed by atoms with Gasteiger partial charge in [-0.2, -0.15) is 13.2 Å². The molecule has 1 saturated heterocycles.